The van der Waals surface area contributed by atoms with E-state index in [1.807, 2.05) is 61.5 Å². The van der Waals surface area contributed by atoms with E-state index in [4.69, 9.17) is 0 Å². The SMILES string of the molecule is CC(=O)N(CCNC(=O)Nc1ccccc1)c1ccc(C)cc1. The van der Waals surface area contributed by atoms with Gasteiger partial charge in [0.15, 0.2) is 0 Å². The highest BCUT2D eigenvalue weighted by Gasteiger charge is 2.11. The minimum Gasteiger partial charge on any atom is -0.336 e. The van der Waals surface area contributed by atoms with Crippen molar-refractivity contribution in [2.45, 2.75) is 13.8 Å². The van der Waals surface area contributed by atoms with E-state index >= 15 is 0 Å². The van der Waals surface area contributed by atoms with Gasteiger partial charge in [-0.2, -0.15) is 0 Å². The maximum Gasteiger partial charge on any atom is 0.319 e. The third-order valence-electron chi connectivity index (χ3n) is 3.38. The van der Waals surface area contributed by atoms with E-state index < -0.39 is 0 Å². The molecule has 23 heavy (non-hydrogen) atoms. The normalized spacial score (nSPS) is 10.0. The van der Waals surface area contributed by atoms with Gasteiger partial charge in [-0.3, -0.25) is 4.79 Å². The van der Waals surface area contributed by atoms with E-state index in [9.17, 15) is 9.59 Å². The van der Waals surface area contributed by atoms with Crippen molar-refractivity contribution in [1.82, 2.24) is 5.32 Å². The number of hydrogen-bond donors (Lipinski definition) is 2. The molecule has 0 fully saturated rings. The molecule has 2 N–H and O–H groups in total. The lowest BCUT2D eigenvalue weighted by Gasteiger charge is -2.21. The van der Waals surface area contributed by atoms with Gasteiger partial charge in [-0.1, -0.05) is 35.9 Å². The minimum atomic E-state index is -0.288. The van der Waals surface area contributed by atoms with Gasteiger partial charge in [0.25, 0.3) is 0 Å². The number of nitrogens with zero attached hydrogens (tertiary/aromatic N) is 1. The molecule has 120 valence electrons. The minimum absolute atomic E-state index is 0.0564. The van der Waals surface area contributed by atoms with Gasteiger partial charge in [-0.05, 0) is 31.2 Å². The average molecular weight is 311 g/mol. The molecule has 0 bridgehead atoms. The maximum absolute atomic E-state index is 11.8. The van der Waals surface area contributed by atoms with Gasteiger partial charge < -0.3 is 15.5 Å². The molecular formula is C18H21N3O2. The summed E-state index contributed by atoms with van der Waals surface area (Å²) in [5.41, 5.74) is 2.69. The molecule has 0 saturated heterocycles. The molecular weight excluding hydrogens is 290 g/mol. The van der Waals surface area contributed by atoms with Gasteiger partial charge in [-0.25, -0.2) is 4.79 Å². The number of rotatable bonds is 5. The fraction of sp³-hybridized carbons (Fsp3) is 0.222. The Morgan fingerprint density at radius 3 is 2.26 bits per heavy atom. The van der Waals surface area contributed by atoms with Crippen LogP contribution in [0.25, 0.3) is 0 Å². The van der Waals surface area contributed by atoms with E-state index in [2.05, 4.69) is 10.6 Å². The van der Waals surface area contributed by atoms with Gasteiger partial charge in [0.05, 0.1) is 0 Å². The van der Waals surface area contributed by atoms with E-state index in [0.717, 1.165) is 16.9 Å². The molecule has 0 aliphatic heterocycles. The van der Waals surface area contributed by atoms with Gasteiger partial charge in [0.1, 0.15) is 0 Å². The van der Waals surface area contributed by atoms with Crippen LogP contribution in [-0.2, 0) is 4.79 Å². The number of aryl methyl sites for hydroxylation is 1. The van der Waals surface area contributed by atoms with Gasteiger partial charge in [-0.15, -0.1) is 0 Å². The van der Waals surface area contributed by atoms with Crippen LogP contribution in [-0.4, -0.2) is 25.0 Å². The first-order valence-corrected chi connectivity index (χ1v) is 7.51. The molecule has 0 saturated carbocycles. The number of urea groups is 1. The van der Waals surface area contributed by atoms with Crippen molar-refractivity contribution in [3.05, 3.63) is 60.2 Å². The van der Waals surface area contributed by atoms with Crippen molar-refractivity contribution >= 4 is 23.3 Å². The quantitative estimate of drug-likeness (QED) is 0.891. The number of hydrogen-bond acceptors (Lipinski definition) is 2. The number of anilines is 2. The van der Waals surface area contributed by atoms with E-state index in [0.29, 0.717) is 13.1 Å². The summed E-state index contributed by atoms with van der Waals surface area (Å²) in [6, 6.07) is 16.7. The Balaban J connectivity index is 1.86. The molecule has 2 aromatic carbocycles. The molecule has 0 spiro atoms. The predicted octanol–water partition coefficient (Wildman–Crippen LogP) is 3.17. The number of nitrogens with one attached hydrogen (secondary N) is 2. The molecule has 0 aliphatic rings. The van der Waals surface area contributed by atoms with Crippen LogP contribution in [0.2, 0.25) is 0 Å². The first-order chi connectivity index (χ1) is 11.1. The molecule has 0 aromatic heterocycles. The largest absolute Gasteiger partial charge is 0.336 e. The number of amides is 3. The van der Waals surface area contributed by atoms with Crippen LogP contribution in [0.15, 0.2) is 54.6 Å². The average Bonchev–Trinajstić information content (AvgIpc) is 2.53. The van der Waals surface area contributed by atoms with Gasteiger partial charge in [0, 0.05) is 31.4 Å². The van der Waals surface area contributed by atoms with Crippen molar-refractivity contribution in [1.29, 1.82) is 0 Å². The lowest BCUT2D eigenvalue weighted by atomic mass is 10.2. The fourth-order valence-corrected chi connectivity index (χ4v) is 2.17. The van der Waals surface area contributed by atoms with Crippen LogP contribution in [0.5, 0.6) is 0 Å². The Hall–Kier alpha value is -2.82. The topological polar surface area (TPSA) is 61.4 Å². The molecule has 2 rings (SSSR count). The van der Waals surface area contributed by atoms with Gasteiger partial charge in [0.2, 0.25) is 5.91 Å². The molecule has 0 unspecified atom stereocenters. The Morgan fingerprint density at radius 2 is 1.65 bits per heavy atom. The molecule has 0 radical (unpaired) electrons. The Kier molecular flexibility index (Phi) is 5.74. The summed E-state index contributed by atoms with van der Waals surface area (Å²) in [5.74, 6) is -0.0564. The molecule has 0 aliphatic carbocycles. The number of para-hydroxylation sites is 1. The first-order valence-electron chi connectivity index (χ1n) is 7.51. The molecule has 5 nitrogen and oxygen atoms in total. The summed E-state index contributed by atoms with van der Waals surface area (Å²) in [6.45, 7) is 4.30. The smallest absolute Gasteiger partial charge is 0.319 e. The third kappa shape index (κ3) is 5.14. The Bertz CT molecular complexity index is 654. The summed E-state index contributed by atoms with van der Waals surface area (Å²) < 4.78 is 0. The van der Waals surface area contributed by atoms with E-state index in [-0.39, 0.29) is 11.9 Å². The lowest BCUT2D eigenvalue weighted by molar-refractivity contribution is -0.116. The van der Waals surface area contributed by atoms with Crippen molar-refractivity contribution < 1.29 is 9.59 Å². The molecule has 0 atom stereocenters. The summed E-state index contributed by atoms with van der Waals surface area (Å²) >= 11 is 0. The summed E-state index contributed by atoms with van der Waals surface area (Å²) in [7, 11) is 0. The highest BCUT2D eigenvalue weighted by Crippen LogP contribution is 2.14. The predicted molar refractivity (Wildman–Crippen MR) is 92.7 cm³/mol. The van der Waals surface area contributed by atoms with Crippen LogP contribution in [0.4, 0.5) is 16.2 Å². The summed E-state index contributed by atoms with van der Waals surface area (Å²) in [6.07, 6.45) is 0. The highest BCUT2D eigenvalue weighted by atomic mass is 16.2. The Labute approximate surface area is 136 Å². The van der Waals surface area contributed by atoms with Crippen molar-refractivity contribution in [2.75, 3.05) is 23.3 Å². The number of carbonyl (C=O) groups is 2. The second kappa shape index (κ2) is 7.98. The summed E-state index contributed by atoms with van der Waals surface area (Å²) in [5, 5.41) is 5.49. The first kappa shape index (κ1) is 16.5. The number of carbonyl (C=O) groups excluding carboxylic acids is 2. The molecule has 0 heterocycles. The second-order valence-electron chi connectivity index (χ2n) is 5.25. The molecule has 5 heteroatoms. The molecule has 3 amide bonds. The van der Waals surface area contributed by atoms with Crippen molar-refractivity contribution in [2.24, 2.45) is 0 Å². The van der Waals surface area contributed by atoms with Crippen LogP contribution in [0, 0.1) is 6.92 Å². The van der Waals surface area contributed by atoms with Crippen LogP contribution in [0.3, 0.4) is 0 Å². The zero-order valence-electron chi connectivity index (χ0n) is 13.4. The van der Waals surface area contributed by atoms with E-state index in [1.54, 1.807) is 4.90 Å². The Morgan fingerprint density at radius 1 is 1.00 bits per heavy atom. The van der Waals surface area contributed by atoms with Crippen molar-refractivity contribution in [3.8, 4) is 0 Å². The maximum atomic E-state index is 11.8. The highest BCUT2D eigenvalue weighted by molar-refractivity contribution is 5.92. The monoisotopic (exact) mass is 311 g/mol. The second-order valence-corrected chi connectivity index (χ2v) is 5.25. The number of benzene rings is 2. The zero-order chi connectivity index (χ0) is 16.7. The fourth-order valence-electron chi connectivity index (χ4n) is 2.17. The van der Waals surface area contributed by atoms with E-state index in [1.165, 1.54) is 6.92 Å². The zero-order valence-corrected chi connectivity index (χ0v) is 13.4. The van der Waals surface area contributed by atoms with Crippen molar-refractivity contribution in [3.63, 3.8) is 0 Å². The van der Waals surface area contributed by atoms with Crippen LogP contribution < -0.4 is 15.5 Å². The van der Waals surface area contributed by atoms with Gasteiger partial charge >= 0.3 is 6.03 Å². The van der Waals surface area contributed by atoms with Crippen LogP contribution in [0.1, 0.15) is 12.5 Å². The van der Waals surface area contributed by atoms with Crippen LogP contribution >= 0.6 is 0 Å². The summed E-state index contributed by atoms with van der Waals surface area (Å²) in [4.78, 5) is 25.3. The molecule has 2 aromatic rings. The lowest BCUT2D eigenvalue weighted by Crippen LogP contribution is -2.39. The third-order valence-corrected chi connectivity index (χ3v) is 3.38. The standard InChI is InChI=1S/C18H21N3O2/c1-14-8-10-17(11-9-14)21(15(2)22)13-12-19-18(23)20-16-6-4-3-5-7-16/h3-11H,12-13H2,1-2H3,(H2,19,20,23).